The van der Waals surface area contributed by atoms with Crippen molar-refractivity contribution in [2.75, 3.05) is 0 Å². The molecule has 1 aliphatic heterocycles. The topological polar surface area (TPSA) is 53.8 Å². The molecule has 0 saturated carbocycles. The summed E-state index contributed by atoms with van der Waals surface area (Å²) in [4.78, 5) is 3.93. The molecule has 2 rings (SSSR count). The predicted molar refractivity (Wildman–Crippen MR) is 44.4 cm³/mol. The zero-order chi connectivity index (χ0) is 8.55. The Labute approximate surface area is 71.8 Å². The smallest absolute Gasteiger partial charge is 0.138 e. The third-order valence-electron chi connectivity index (χ3n) is 1.57. The molecule has 3 nitrogen and oxygen atoms in total. The highest BCUT2D eigenvalue weighted by Gasteiger charge is 2.13. The number of rotatable bonds is 0. The minimum absolute atomic E-state index is 0.498. The van der Waals surface area contributed by atoms with Gasteiger partial charge in [-0.3, -0.25) is 0 Å². The van der Waals surface area contributed by atoms with E-state index in [1.165, 1.54) is 6.20 Å². The van der Waals surface area contributed by atoms with E-state index in [1.807, 2.05) is 6.07 Å². The predicted octanol–water partition coefficient (Wildman–Crippen LogP) is 1.05. The number of fused-ring (bicyclic) bond motifs is 1. The van der Waals surface area contributed by atoms with E-state index in [2.05, 4.69) is 4.98 Å². The lowest BCUT2D eigenvalue weighted by molar-refractivity contribution is 0.686. The van der Waals surface area contributed by atoms with Crippen LogP contribution in [0.3, 0.4) is 0 Å². The fourth-order valence-corrected chi connectivity index (χ4v) is 1.93. The summed E-state index contributed by atoms with van der Waals surface area (Å²) in [5.41, 5.74) is 1.28. The maximum atomic E-state index is 11.1. The van der Waals surface area contributed by atoms with Gasteiger partial charge < -0.3 is 0 Å². The van der Waals surface area contributed by atoms with E-state index in [-0.39, 0.29) is 0 Å². The molecule has 0 aromatic carbocycles. The summed E-state index contributed by atoms with van der Waals surface area (Å²) in [6, 6.07) is 3.66. The fraction of sp³-hybridized carbons (Fsp3) is 0. The van der Waals surface area contributed by atoms with Crippen molar-refractivity contribution in [2.24, 2.45) is 0 Å². The van der Waals surface area contributed by atoms with E-state index in [9.17, 15) is 4.21 Å². The van der Waals surface area contributed by atoms with Gasteiger partial charge in [-0.15, -0.1) is 0 Å². The van der Waals surface area contributed by atoms with Crippen molar-refractivity contribution in [1.82, 2.24) is 4.98 Å². The number of hydrogen-bond donors (Lipinski definition) is 0. The number of pyridine rings is 1. The van der Waals surface area contributed by atoms with Crippen LogP contribution in [0.1, 0.15) is 11.1 Å². The van der Waals surface area contributed by atoms with Gasteiger partial charge in [-0.25, -0.2) is 9.19 Å². The molecule has 0 amide bonds. The molecule has 0 N–H and O–H groups in total. The molecule has 0 fully saturated rings. The standard InChI is InChI=1S/C8H4N2OS/c9-4-6-3-7-1-2-12(11)8(7)10-5-6/h1-3,5H. The summed E-state index contributed by atoms with van der Waals surface area (Å²) >= 11 is 0. The normalized spacial score (nSPS) is 18.8. The van der Waals surface area contributed by atoms with Crippen LogP contribution < -0.4 is 0 Å². The van der Waals surface area contributed by atoms with Gasteiger partial charge in [-0.05, 0) is 12.1 Å². The van der Waals surface area contributed by atoms with Crippen molar-refractivity contribution in [3.63, 3.8) is 0 Å². The van der Waals surface area contributed by atoms with Crippen LogP contribution in [0.5, 0.6) is 0 Å². The lowest BCUT2D eigenvalue weighted by Gasteiger charge is -1.94. The minimum Gasteiger partial charge on any atom is -0.248 e. The van der Waals surface area contributed by atoms with Gasteiger partial charge in [0, 0.05) is 17.2 Å². The summed E-state index contributed by atoms with van der Waals surface area (Å²) in [5, 5.41) is 10.7. The van der Waals surface area contributed by atoms with Crippen molar-refractivity contribution < 1.29 is 4.21 Å². The van der Waals surface area contributed by atoms with Crippen LogP contribution in [0.25, 0.3) is 6.08 Å². The Kier molecular flexibility index (Phi) is 1.52. The van der Waals surface area contributed by atoms with Crippen LogP contribution in [0.15, 0.2) is 22.7 Å². The van der Waals surface area contributed by atoms with E-state index in [4.69, 9.17) is 5.26 Å². The lowest BCUT2D eigenvalue weighted by Crippen LogP contribution is -1.90. The minimum atomic E-state index is -1.11. The molecule has 1 aromatic heterocycles. The Morgan fingerprint density at radius 2 is 2.42 bits per heavy atom. The Morgan fingerprint density at radius 1 is 1.58 bits per heavy atom. The van der Waals surface area contributed by atoms with Crippen LogP contribution >= 0.6 is 0 Å². The maximum Gasteiger partial charge on any atom is 0.138 e. The summed E-state index contributed by atoms with van der Waals surface area (Å²) < 4.78 is 11.1. The van der Waals surface area contributed by atoms with Crippen LogP contribution in [0, 0.1) is 11.3 Å². The highest BCUT2D eigenvalue weighted by molar-refractivity contribution is 7.88. The van der Waals surface area contributed by atoms with E-state index in [0.29, 0.717) is 10.6 Å². The second-order valence-electron chi connectivity index (χ2n) is 2.33. The largest absolute Gasteiger partial charge is 0.248 e. The Balaban J connectivity index is 2.64. The van der Waals surface area contributed by atoms with Crippen LogP contribution in [0.2, 0.25) is 0 Å². The van der Waals surface area contributed by atoms with Gasteiger partial charge in [0.2, 0.25) is 0 Å². The molecule has 58 valence electrons. The van der Waals surface area contributed by atoms with Gasteiger partial charge in [0.15, 0.2) is 0 Å². The van der Waals surface area contributed by atoms with E-state index in [0.717, 1.165) is 5.56 Å². The average Bonchev–Trinajstić information content (AvgIpc) is 2.47. The second-order valence-corrected chi connectivity index (χ2v) is 3.58. The summed E-state index contributed by atoms with van der Waals surface area (Å²) in [6.07, 6.45) is 3.16. The molecule has 1 aliphatic rings. The Morgan fingerprint density at radius 3 is 3.17 bits per heavy atom. The Hall–Kier alpha value is -1.47. The molecule has 1 atom stereocenters. The van der Waals surface area contributed by atoms with Gasteiger partial charge in [-0.2, -0.15) is 5.26 Å². The molecule has 0 spiro atoms. The molecule has 0 bridgehead atoms. The number of nitrogens with zero attached hydrogens (tertiary/aromatic N) is 2. The number of hydrogen-bond acceptors (Lipinski definition) is 3. The van der Waals surface area contributed by atoms with E-state index in [1.54, 1.807) is 17.6 Å². The third-order valence-corrected chi connectivity index (χ3v) is 2.68. The molecule has 0 saturated heterocycles. The first-order chi connectivity index (χ1) is 5.81. The highest BCUT2D eigenvalue weighted by Crippen LogP contribution is 2.21. The second kappa shape index (κ2) is 2.54. The monoisotopic (exact) mass is 176 g/mol. The van der Waals surface area contributed by atoms with Crippen LogP contribution in [0.4, 0.5) is 0 Å². The molecule has 1 aromatic rings. The number of aromatic nitrogens is 1. The zero-order valence-corrected chi connectivity index (χ0v) is 6.84. The third kappa shape index (κ3) is 0.953. The molecule has 4 heteroatoms. The van der Waals surface area contributed by atoms with Crippen LogP contribution in [-0.2, 0) is 10.8 Å². The molecule has 1 unspecified atom stereocenters. The van der Waals surface area contributed by atoms with E-state index >= 15 is 0 Å². The van der Waals surface area contributed by atoms with Gasteiger partial charge in [0.25, 0.3) is 0 Å². The summed E-state index contributed by atoms with van der Waals surface area (Å²) in [7, 11) is -1.11. The van der Waals surface area contributed by atoms with E-state index < -0.39 is 10.8 Å². The SMILES string of the molecule is N#Cc1cnc2c(c1)C=CS2=O. The summed E-state index contributed by atoms with van der Waals surface area (Å²) in [5.74, 6) is 0. The van der Waals surface area contributed by atoms with Gasteiger partial charge in [0.05, 0.1) is 16.4 Å². The first-order valence-corrected chi connectivity index (χ1v) is 4.51. The van der Waals surface area contributed by atoms with Crippen molar-refractivity contribution in [3.8, 4) is 6.07 Å². The van der Waals surface area contributed by atoms with Crippen molar-refractivity contribution in [3.05, 3.63) is 28.8 Å². The maximum absolute atomic E-state index is 11.1. The molecule has 2 heterocycles. The average molecular weight is 176 g/mol. The molecular formula is C8H4N2OS. The molecule has 12 heavy (non-hydrogen) atoms. The van der Waals surface area contributed by atoms with Crippen molar-refractivity contribution in [2.45, 2.75) is 5.03 Å². The lowest BCUT2D eigenvalue weighted by atomic mass is 10.2. The fourth-order valence-electron chi connectivity index (χ4n) is 1.02. The first-order valence-electron chi connectivity index (χ1n) is 3.30. The van der Waals surface area contributed by atoms with Gasteiger partial charge in [0.1, 0.15) is 11.1 Å². The summed E-state index contributed by atoms with van der Waals surface area (Å²) in [6.45, 7) is 0. The van der Waals surface area contributed by atoms with Gasteiger partial charge >= 0.3 is 0 Å². The van der Waals surface area contributed by atoms with Crippen LogP contribution in [-0.4, -0.2) is 9.19 Å². The molecular weight excluding hydrogens is 172 g/mol. The quantitative estimate of drug-likeness (QED) is 0.593. The number of nitriles is 1. The molecule has 0 aliphatic carbocycles. The van der Waals surface area contributed by atoms with Crippen molar-refractivity contribution in [1.29, 1.82) is 5.26 Å². The zero-order valence-electron chi connectivity index (χ0n) is 6.02. The first kappa shape index (κ1) is 7.19. The molecule has 0 radical (unpaired) electrons. The highest BCUT2D eigenvalue weighted by atomic mass is 32.2. The van der Waals surface area contributed by atoms with Gasteiger partial charge in [-0.1, -0.05) is 0 Å². The Bertz CT molecular complexity index is 431. The van der Waals surface area contributed by atoms with Crippen molar-refractivity contribution >= 4 is 16.9 Å².